The number of aliphatic hydroxyl groups is 1. The molecule has 1 saturated heterocycles. The zero-order valence-electron chi connectivity index (χ0n) is 21.3. The minimum atomic E-state index is -0.709. The molecule has 6 heteroatoms. The van der Waals surface area contributed by atoms with Crippen LogP contribution in [-0.2, 0) is 15.0 Å². The first kappa shape index (κ1) is 24.8. The first-order valence-electron chi connectivity index (χ1n) is 12.4. The van der Waals surface area contributed by atoms with Crippen LogP contribution in [0.5, 0.6) is 11.5 Å². The van der Waals surface area contributed by atoms with E-state index in [-0.39, 0.29) is 22.8 Å². The van der Waals surface area contributed by atoms with Crippen molar-refractivity contribution in [3.8, 4) is 11.5 Å². The fourth-order valence-electron chi connectivity index (χ4n) is 5.31. The van der Waals surface area contributed by atoms with Crippen molar-refractivity contribution >= 4 is 17.4 Å². The number of hydrogen-bond acceptors (Lipinski definition) is 5. The Morgan fingerprint density at radius 1 is 1.06 bits per heavy atom. The fourth-order valence-corrected chi connectivity index (χ4v) is 5.31. The zero-order valence-corrected chi connectivity index (χ0v) is 21.3. The summed E-state index contributed by atoms with van der Waals surface area (Å²) in [5, 5.41) is 11.6. The lowest BCUT2D eigenvalue weighted by Gasteiger charge is -2.31. The molecule has 2 fully saturated rings. The molecule has 4 rings (SSSR count). The predicted octanol–water partition coefficient (Wildman–Crippen LogP) is 5.76. The highest BCUT2D eigenvalue weighted by Crippen LogP contribution is 2.46. The number of ketones is 1. The van der Waals surface area contributed by atoms with Crippen molar-refractivity contribution in [3.05, 3.63) is 64.7 Å². The molecule has 0 radical (unpaired) electrons. The molecule has 1 N–H and O–H groups in total. The van der Waals surface area contributed by atoms with E-state index in [1.807, 2.05) is 43.3 Å². The lowest BCUT2D eigenvalue weighted by molar-refractivity contribution is -0.141. The van der Waals surface area contributed by atoms with Gasteiger partial charge in [-0.1, -0.05) is 51.8 Å². The molecule has 0 bridgehead atoms. The lowest BCUT2D eigenvalue weighted by Crippen LogP contribution is -2.37. The largest absolute Gasteiger partial charge is 0.507 e. The third kappa shape index (κ3) is 4.54. The van der Waals surface area contributed by atoms with Crippen molar-refractivity contribution < 1.29 is 24.2 Å². The second-order valence-electron chi connectivity index (χ2n) is 10.3. The van der Waals surface area contributed by atoms with Gasteiger partial charge < -0.3 is 19.5 Å². The van der Waals surface area contributed by atoms with E-state index < -0.39 is 17.7 Å². The summed E-state index contributed by atoms with van der Waals surface area (Å²) in [6.07, 6.45) is 3.71. The monoisotopic (exact) mass is 477 g/mol. The van der Waals surface area contributed by atoms with E-state index in [1.54, 1.807) is 18.1 Å². The number of benzene rings is 2. The molecule has 2 aromatic rings. The molecule has 1 unspecified atom stereocenters. The molecule has 2 aliphatic rings. The van der Waals surface area contributed by atoms with Gasteiger partial charge in [-0.3, -0.25) is 9.59 Å². The SMILES string of the molecule is CCOc1ccc(/C(O)=C2\C(=O)C(=O)N(C3CCCC3)C2c2ccccc2OC)cc1C(C)(C)C. The first-order chi connectivity index (χ1) is 16.7. The average molecular weight is 478 g/mol. The number of ether oxygens (including phenoxy) is 2. The number of amides is 1. The van der Waals surface area contributed by atoms with Crippen molar-refractivity contribution in [2.75, 3.05) is 13.7 Å². The van der Waals surface area contributed by atoms with Crippen molar-refractivity contribution in [2.45, 2.75) is 70.9 Å². The molecule has 186 valence electrons. The molecule has 0 spiro atoms. The third-order valence-corrected chi connectivity index (χ3v) is 6.99. The molecule has 1 heterocycles. The topological polar surface area (TPSA) is 76.1 Å². The van der Waals surface area contributed by atoms with Gasteiger partial charge in [-0.25, -0.2) is 0 Å². The summed E-state index contributed by atoms with van der Waals surface area (Å²) < 4.78 is 11.4. The van der Waals surface area contributed by atoms with E-state index in [4.69, 9.17) is 9.47 Å². The van der Waals surface area contributed by atoms with Crippen LogP contribution in [0.4, 0.5) is 0 Å². The summed E-state index contributed by atoms with van der Waals surface area (Å²) in [6.45, 7) is 8.67. The second-order valence-corrected chi connectivity index (χ2v) is 10.3. The van der Waals surface area contributed by atoms with Crippen LogP contribution >= 0.6 is 0 Å². The number of carbonyl (C=O) groups excluding carboxylic acids is 2. The number of carbonyl (C=O) groups is 2. The summed E-state index contributed by atoms with van der Waals surface area (Å²) in [7, 11) is 1.57. The van der Waals surface area contributed by atoms with Gasteiger partial charge in [-0.05, 0) is 49.4 Å². The fraction of sp³-hybridized carbons (Fsp3) is 0.448. The van der Waals surface area contributed by atoms with Gasteiger partial charge >= 0.3 is 0 Å². The van der Waals surface area contributed by atoms with Crippen LogP contribution in [0.3, 0.4) is 0 Å². The van der Waals surface area contributed by atoms with Crippen LogP contribution in [0.1, 0.15) is 76.1 Å². The maximum absolute atomic E-state index is 13.4. The van der Waals surface area contributed by atoms with E-state index >= 15 is 0 Å². The lowest BCUT2D eigenvalue weighted by atomic mass is 9.84. The number of para-hydroxylation sites is 1. The molecular formula is C29H35NO5. The van der Waals surface area contributed by atoms with Crippen molar-refractivity contribution in [2.24, 2.45) is 0 Å². The van der Waals surface area contributed by atoms with Gasteiger partial charge in [0.2, 0.25) is 0 Å². The number of nitrogens with zero attached hydrogens (tertiary/aromatic N) is 1. The van der Waals surface area contributed by atoms with Crippen LogP contribution in [0, 0.1) is 0 Å². The maximum Gasteiger partial charge on any atom is 0.295 e. The Morgan fingerprint density at radius 3 is 2.37 bits per heavy atom. The number of likely N-dealkylation sites (tertiary alicyclic amines) is 1. The van der Waals surface area contributed by atoms with Crippen molar-refractivity contribution in [1.29, 1.82) is 0 Å². The van der Waals surface area contributed by atoms with Gasteiger partial charge in [-0.2, -0.15) is 0 Å². The predicted molar refractivity (Wildman–Crippen MR) is 136 cm³/mol. The molecule has 1 aliphatic heterocycles. The highest BCUT2D eigenvalue weighted by atomic mass is 16.5. The summed E-state index contributed by atoms with van der Waals surface area (Å²) in [5.41, 5.74) is 1.96. The number of aliphatic hydroxyl groups excluding tert-OH is 1. The van der Waals surface area contributed by atoms with E-state index in [0.29, 0.717) is 23.5 Å². The Labute approximate surface area is 207 Å². The smallest absolute Gasteiger partial charge is 0.295 e. The quantitative estimate of drug-likeness (QED) is 0.325. The highest BCUT2D eigenvalue weighted by Gasteiger charge is 2.50. The highest BCUT2D eigenvalue weighted by molar-refractivity contribution is 6.46. The van der Waals surface area contributed by atoms with E-state index in [2.05, 4.69) is 20.8 Å². The minimum absolute atomic E-state index is 0.0443. The third-order valence-electron chi connectivity index (χ3n) is 6.99. The summed E-state index contributed by atoms with van der Waals surface area (Å²) in [6, 6.07) is 12.1. The van der Waals surface area contributed by atoms with Crippen LogP contribution in [0.2, 0.25) is 0 Å². The average Bonchev–Trinajstić information content (AvgIpc) is 3.45. The molecular weight excluding hydrogens is 442 g/mol. The van der Waals surface area contributed by atoms with Crippen LogP contribution < -0.4 is 9.47 Å². The van der Waals surface area contributed by atoms with E-state index in [0.717, 1.165) is 37.0 Å². The molecule has 0 aromatic heterocycles. The summed E-state index contributed by atoms with van der Waals surface area (Å²) in [4.78, 5) is 28.5. The Bertz CT molecular complexity index is 1150. The Balaban J connectivity index is 1.92. The van der Waals surface area contributed by atoms with E-state index in [1.165, 1.54) is 0 Å². The molecule has 35 heavy (non-hydrogen) atoms. The van der Waals surface area contributed by atoms with Gasteiger partial charge in [0.15, 0.2) is 0 Å². The molecule has 1 aliphatic carbocycles. The summed E-state index contributed by atoms with van der Waals surface area (Å²) >= 11 is 0. The van der Waals surface area contributed by atoms with Gasteiger partial charge in [0.05, 0.1) is 25.3 Å². The minimum Gasteiger partial charge on any atom is -0.507 e. The van der Waals surface area contributed by atoms with Gasteiger partial charge in [0, 0.05) is 22.7 Å². The number of methoxy groups -OCH3 is 1. The molecule has 1 amide bonds. The number of Topliss-reactive ketones (excluding diaryl/α,β-unsaturated/α-hetero) is 1. The van der Waals surface area contributed by atoms with Crippen LogP contribution in [0.25, 0.3) is 5.76 Å². The van der Waals surface area contributed by atoms with Gasteiger partial charge in [-0.15, -0.1) is 0 Å². The van der Waals surface area contributed by atoms with Crippen LogP contribution in [0.15, 0.2) is 48.0 Å². The molecule has 2 aromatic carbocycles. The summed E-state index contributed by atoms with van der Waals surface area (Å²) in [5.74, 6) is -0.0688. The van der Waals surface area contributed by atoms with Crippen LogP contribution in [-0.4, -0.2) is 41.5 Å². The van der Waals surface area contributed by atoms with Gasteiger partial charge in [0.25, 0.3) is 11.7 Å². The Morgan fingerprint density at radius 2 is 1.74 bits per heavy atom. The maximum atomic E-state index is 13.4. The van der Waals surface area contributed by atoms with Crippen molar-refractivity contribution in [3.63, 3.8) is 0 Å². The molecule has 1 saturated carbocycles. The standard InChI is InChI=1S/C29H35NO5/c1-6-35-23-16-15-18(17-21(23)29(2,3)4)26(31)24-25(20-13-9-10-14-22(20)34-5)30(28(33)27(24)32)19-11-7-8-12-19/h9-10,13-17,19,25,31H,6-8,11-12H2,1-5H3/b26-24+. The number of hydrogen-bond donors (Lipinski definition) is 1. The first-order valence-corrected chi connectivity index (χ1v) is 12.4. The Hall–Kier alpha value is -3.28. The van der Waals surface area contributed by atoms with Crippen molar-refractivity contribution in [1.82, 2.24) is 4.90 Å². The second kappa shape index (κ2) is 9.76. The normalized spacial score (nSPS) is 20.5. The molecule has 6 nitrogen and oxygen atoms in total. The zero-order chi connectivity index (χ0) is 25.3. The molecule has 1 atom stereocenters. The van der Waals surface area contributed by atoms with E-state index in [9.17, 15) is 14.7 Å². The van der Waals surface area contributed by atoms with Gasteiger partial charge in [0.1, 0.15) is 17.3 Å². The Kier molecular flexibility index (Phi) is 6.93. The number of rotatable bonds is 6.